The van der Waals surface area contributed by atoms with Crippen LogP contribution in [0.25, 0.3) is 0 Å². The van der Waals surface area contributed by atoms with E-state index in [-0.39, 0.29) is 0 Å². The lowest BCUT2D eigenvalue weighted by Crippen LogP contribution is -2.42. The molecular formula is C12H18N2O2S. The number of nitrogens with two attached hydrogens (primary N) is 1. The van der Waals surface area contributed by atoms with E-state index in [0.29, 0.717) is 19.0 Å². The van der Waals surface area contributed by atoms with E-state index in [1.807, 2.05) is 18.2 Å². The molecule has 1 fully saturated rings. The normalized spacial score (nSPS) is 19.4. The Morgan fingerprint density at radius 3 is 2.29 bits per heavy atom. The lowest BCUT2D eigenvalue weighted by Gasteiger charge is -2.29. The number of hydrogen-bond donors (Lipinski definition) is 1. The first-order chi connectivity index (χ1) is 8.05. The van der Waals surface area contributed by atoms with Crippen LogP contribution in [0.15, 0.2) is 30.3 Å². The van der Waals surface area contributed by atoms with Gasteiger partial charge < -0.3 is 0 Å². The van der Waals surface area contributed by atoms with Crippen LogP contribution in [-0.4, -0.2) is 25.8 Å². The molecule has 0 aliphatic carbocycles. The fourth-order valence-electron chi connectivity index (χ4n) is 2.32. The molecule has 0 spiro atoms. The second-order valence-electron chi connectivity index (χ2n) is 4.58. The Kier molecular flexibility index (Phi) is 3.81. The van der Waals surface area contributed by atoms with Crippen molar-refractivity contribution in [2.75, 3.05) is 13.1 Å². The van der Waals surface area contributed by atoms with Crippen LogP contribution < -0.4 is 5.14 Å². The Bertz CT molecular complexity index is 451. The number of piperidine rings is 1. The maximum atomic E-state index is 11.2. The lowest BCUT2D eigenvalue weighted by atomic mass is 9.91. The fraction of sp³-hybridized carbons (Fsp3) is 0.500. The van der Waals surface area contributed by atoms with Crippen LogP contribution >= 0.6 is 0 Å². The zero-order valence-corrected chi connectivity index (χ0v) is 10.6. The van der Waals surface area contributed by atoms with Crippen molar-refractivity contribution in [2.45, 2.75) is 19.3 Å². The molecule has 2 rings (SSSR count). The quantitative estimate of drug-likeness (QED) is 0.879. The average Bonchev–Trinajstić information content (AvgIpc) is 2.30. The summed E-state index contributed by atoms with van der Waals surface area (Å²) < 4.78 is 23.7. The van der Waals surface area contributed by atoms with Crippen LogP contribution in [0.3, 0.4) is 0 Å². The molecule has 0 atom stereocenters. The zero-order valence-electron chi connectivity index (χ0n) is 9.75. The molecule has 0 aromatic heterocycles. The summed E-state index contributed by atoms with van der Waals surface area (Å²) in [4.78, 5) is 0. The zero-order chi connectivity index (χ0) is 12.3. The van der Waals surface area contributed by atoms with Gasteiger partial charge in [0.05, 0.1) is 0 Å². The average molecular weight is 254 g/mol. The molecule has 0 saturated carbocycles. The minimum Gasteiger partial charge on any atom is -0.216 e. The second kappa shape index (κ2) is 5.16. The van der Waals surface area contributed by atoms with Gasteiger partial charge >= 0.3 is 0 Å². The van der Waals surface area contributed by atoms with Crippen LogP contribution in [0.5, 0.6) is 0 Å². The summed E-state index contributed by atoms with van der Waals surface area (Å²) in [6.45, 7) is 1.10. The van der Waals surface area contributed by atoms with E-state index in [9.17, 15) is 8.42 Å². The highest BCUT2D eigenvalue weighted by molar-refractivity contribution is 7.86. The number of benzene rings is 1. The smallest absolute Gasteiger partial charge is 0.216 e. The molecule has 0 bridgehead atoms. The van der Waals surface area contributed by atoms with Crippen molar-refractivity contribution < 1.29 is 8.42 Å². The van der Waals surface area contributed by atoms with Crippen molar-refractivity contribution in [3.05, 3.63) is 35.9 Å². The molecule has 1 saturated heterocycles. The van der Waals surface area contributed by atoms with Crippen molar-refractivity contribution in [3.63, 3.8) is 0 Å². The van der Waals surface area contributed by atoms with Crippen LogP contribution in [0, 0.1) is 5.92 Å². The third kappa shape index (κ3) is 3.52. The maximum Gasteiger partial charge on any atom is 0.276 e. The molecular weight excluding hydrogens is 236 g/mol. The molecule has 1 aromatic carbocycles. The largest absolute Gasteiger partial charge is 0.276 e. The van der Waals surface area contributed by atoms with E-state index >= 15 is 0 Å². The Morgan fingerprint density at radius 1 is 1.18 bits per heavy atom. The summed E-state index contributed by atoms with van der Waals surface area (Å²) in [6.07, 6.45) is 2.82. The van der Waals surface area contributed by atoms with E-state index in [1.165, 1.54) is 9.87 Å². The molecule has 0 amide bonds. The van der Waals surface area contributed by atoms with Gasteiger partial charge in [0, 0.05) is 13.1 Å². The van der Waals surface area contributed by atoms with Gasteiger partial charge in [-0.2, -0.15) is 12.7 Å². The summed E-state index contributed by atoms with van der Waals surface area (Å²) in [6, 6.07) is 10.3. The van der Waals surface area contributed by atoms with Gasteiger partial charge in [0.15, 0.2) is 0 Å². The van der Waals surface area contributed by atoms with E-state index in [0.717, 1.165) is 19.3 Å². The van der Waals surface area contributed by atoms with Crippen molar-refractivity contribution in [3.8, 4) is 0 Å². The minimum absolute atomic E-state index is 0.552. The first-order valence-electron chi connectivity index (χ1n) is 5.87. The number of rotatable bonds is 3. The van der Waals surface area contributed by atoms with Crippen LogP contribution in [-0.2, 0) is 16.6 Å². The molecule has 5 heteroatoms. The number of nitrogens with zero attached hydrogens (tertiary/aromatic N) is 1. The summed E-state index contributed by atoms with van der Waals surface area (Å²) >= 11 is 0. The van der Waals surface area contributed by atoms with Gasteiger partial charge in [-0.05, 0) is 30.7 Å². The molecule has 0 unspecified atom stereocenters. The van der Waals surface area contributed by atoms with Gasteiger partial charge in [-0.1, -0.05) is 30.3 Å². The van der Waals surface area contributed by atoms with Gasteiger partial charge in [-0.3, -0.25) is 0 Å². The predicted octanol–water partition coefficient (Wildman–Crippen LogP) is 1.14. The monoisotopic (exact) mass is 254 g/mol. The molecule has 1 aliphatic heterocycles. The summed E-state index contributed by atoms with van der Waals surface area (Å²) in [5.74, 6) is 0.565. The van der Waals surface area contributed by atoms with E-state index < -0.39 is 10.2 Å². The molecule has 4 nitrogen and oxygen atoms in total. The molecule has 17 heavy (non-hydrogen) atoms. The predicted molar refractivity (Wildman–Crippen MR) is 67.6 cm³/mol. The third-order valence-electron chi connectivity index (χ3n) is 3.30. The van der Waals surface area contributed by atoms with Crippen molar-refractivity contribution in [1.29, 1.82) is 0 Å². The van der Waals surface area contributed by atoms with Crippen molar-refractivity contribution in [1.82, 2.24) is 4.31 Å². The van der Waals surface area contributed by atoms with E-state index in [2.05, 4.69) is 12.1 Å². The van der Waals surface area contributed by atoms with Gasteiger partial charge in [0.2, 0.25) is 0 Å². The summed E-state index contributed by atoms with van der Waals surface area (Å²) in [7, 11) is -3.49. The molecule has 1 aliphatic rings. The minimum atomic E-state index is -3.49. The van der Waals surface area contributed by atoms with Crippen LogP contribution in [0.1, 0.15) is 18.4 Å². The standard InChI is InChI=1S/C12H18N2O2S/c13-17(15,16)14-8-6-12(7-9-14)10-11-4-2-1-3-5-11/h1-5,12H,6-10H2,(H2,13,15,16). The van der Waals surface area contributed by atoms with Gasteiger partial charge in [-0.15, -0.1) is 0 Å². The van der Waals surface area contributed by atoms with Gasteiger partial charge in [0.1, 0.15) is 0 Å². The summed E-state index contributed by atoms with van der Waals surface area (Å²) in [5, 5.41) is 5.11. The molecule has 2 N–H and O–H groups in total. The highest BCUT2D eigenvalue weighted by Crippen LogP contribution is 2.22. The second-order valence-corrected chi connectivity index (χ2v) is 6.12. The Morgan fingerprint density at radius 2 is 1.76 bits per heavy atom. The maximum absolute atomic E-state index is 11.2. The highest BCUT2D eigenvalue weighted by Gasteiger charge is 2.25. The van der Waals surface area contributed by atoms with E-state index in [1.54, 1.807) is 0 Å². The lowest BCUT2D eigenvalue weighted by molar-refractivity contribution is 0.273. The first kappa shape index (κ1) is 12.5. The van der Waals surface area contributed by atoms with Gasteiger partial charge in [-0.25, -0.2) is 5.14 Å². The molecule has 1 heterocycles. The van der Waals surface area contributed by atoms with Crippen molar-refractivity contribution in [2.24, 2.45) is 11.1 Å². The molecule has 1 aromatic rings. The third-order valence-corrected chi connectivity index (χ3v) is 4.39. The molecule has 94 valence electrons. The Hall–Kier alpha value is -0.910. The topological polar surface area (TPSA) is 63.4 Å². The van der Waals surface area contributed by atoms with Gasteiger partial charge in [0.25, 0.3) is 10.2 Å². The van der Waals surface area contributed by atoms with Crippen LogP contribution in [0.2, 0.25) is 0 Å². The fourth-order valence-corrected chi connectivity index (χ4v) is 3.04. The Balaban J connectivity index is 1.88. The molecule has 0 radical (unpaired) electrons. The number of hydrogen-bond acceptors (Lipinski definition) is 2. The highest BCUT2D eigenvalue weighted by atomic mass is 32.2. The van der Waals surface area contributed by atoms with E-state index in [4.69, 9.17) is 5.14 Å². The van der Waals surface area contributed by atoms with Crippen LogP contribution in [0.4, 0.5) is 0 Å². The summed E-state index contributed by atoms with van der Waals surface area (Å²) in [5.41, 5.74) is 1.32. The first-order valence-corrected chi connectivity index (χ1v) is 7.38. The Labute approximate surface area is 103 Å². The van der Waals surface area contributed by atoms with Crippen molar-refractivity contribution >= 4 is 10.2 Å². The SMILES string of the molecule is NS(=O)(=O)N1CCC(Cc2ccccc2)CC1.